The SMILES string of the molecule is O=C(c1cccc(Br)c1)N1CCN(c2ccc(-c3ccccc3)nn2)CC1. The quantitative estimate of drug-likeness (QED) is 0.642. The van der Waals surface area contributed by atoms with Crippen LogP contribution in [0.5, 0.6) is 0 Å². The Bertz CT molecular complexity index is 922. The molecule has 27 heavy (non-hydrogen) atoms. The minimum absolute atomic E-state index is 0.0708. The summed E-state index contributed by atoms with van der Waals surface area (Å²) in [7, 11) is 0. The van der Waals surface area contributed by atoms with Crippen molar-refractivity contribution >= 4 is 27.7 Å². The van der Waals surface area contributed by atoms with E-state index in [2.05, 4.69) is 31.0 Å². The number of amides is 1. The summed E-state index contributed by atoms with van der Waals surface area (Å²) in [5.41, 5.74) is 2.63. The molecule has 2 aromatic carbocycles. The first-order chi connectivity index (χ1) is 13.2. The van der Waals surface area contributed by atoms with Crippen molar-refractivity contribution in [2.75, 3.05) is 31.1 Å². The Kier molecular flexibility index (Phi) is 5.16. The van der Waals surface area contributed by atoms with E-state index in [0.717, 1.165) is 34.6 Å². The molecule has 0 spiro atoms. The van der Waals surface area contributed by atoms with Gasteiger partial charge >= 0.3 is 0 Å². The summed E-state index contributed by atoms with van der Waals surface area (Å²) in [6.07, 6.45) is 0. The molecule has 4 rings (SSSR count). The van der Waals surface area contributed by atoms with Gasteiger partial charge in [-0.1, -0.05) is 52.3 Å². The standard InChI is InChI=1S/C21H19BrN4O/c22-18-8-4-7-17(15-18)21(27)26-13-11-25(12-14-26)20-10-9-19(23-24-20)16-5-2-1-3-6-16/h1-10,15H,11-14H2. The Morgan fingerprint density at radius 1 is 0.852 bits per heavy atom. The number of aromatic nitrogens is 2. The number of rotatable bonds is 3. The van der Waals surface area contributed by atoms with Crippen LogP contribution < -0.4 is 4.90 Å². The van der Waals surface area contributed by atoms with Gasteiger partial charge in [0.05, 0.1) is 5.69 Å². The topological polar surface area (TPSA) is 49.3 Å². The zero-order chi connectivity index (χ0) is 18.6. The van der Waals surface area contributed by atoms with Crippen molar-refractivity contribution in [2.45, 2.75) is 0 Å². The van der Waals surface area contributed by atoms with Gasteiger partial charge in [0.25, 0.3) is 5.91 Å². The molecule has 2 heterocycles. The van der Waals surface area contributed by atoms with E-state index in [1.165, 1.54) is 0 Å². The van der Waals surface area contributed by atoms with E-state index in [-0.39, 0.29) is 5.91 Å². The van der Waals surface area contributed by atoms with Crippen molar-refractivity contribution in [3.63, 3.8) is 0 Å². The number of benzene rings is 2. The molecule has 1 saturated heterocycles. The summed E-state index contributed by atoms with van der Waals surface area (Å²) in [5.74, 6) is 0.922. The van der Waals surface area contributed by atoms with E-state index >= 15 is 0 Å². The maximum absolute atomic E-state index is 12.7. The molecule has 1 amide bonds. The zero-order valence-corrected chi connectivity index (χ0v) is 16.3. The average Bonchev–Trinajstić information content (AvgIpc) is 2.74. The molecule has 1 aliphatic heterocycles. The van der Waals surface area contributed by atoms with Crippen molar-refractivity contribution in [1.29, 1.82) is 0 Å². The highest BCUT2D eigenvalue weighted by atomic mass is 79.9. The summed E-state index contributed by atoms with van der Waals surface area (Å²) in [6.45, 7) is 2.85. The first kappa shape index (κ1) is 17.7. The summed E-state index contributed by atoms with van der Waals surface area (Å²) in [6, 6.07) is 21.5. The Balaban J connectivity index is 1.40. The molecule has 0 radical (unpaired) electrons. The van der Waals surface area contributed by atoms with Crippen molar-refractivity contribution < 1.29 is 4.79 Å². The third kappa shape index (κ3) is 4.01. The predicted molar refractivity (Wildman–Crippen MR) is 110 cm³/mol. The molecule has 0 unspecified atom stereocenters. The number of halogens is 1. The molecular formula is C21H19BrN4O. The predicted octanol–water partition coefficient (Wildman–Crippen LogP) is 3.87. The summed E-state index contributed by atoms with van der Waals surface area (Å²) in [5, 5.41) is 8.74. The molecule has 0 aliphatic carbocycles. The number of piperazine rings is 1. The number of carbonyl (C=O) groups excluding carboxylic acids is 1. The van der Waals surface area contributed by atoms with Crippen molar-refractivity contribution in [1.82, 2.24) is 15.1 Å². The Morgan fingerprint density at radius 2 is 1.63 bits per heavy atom. The number of anilines is 1. The minimum atomic E-state index is 0.0708. The summed E-state index contributed by atoms with van der Waals surface area (Å²) >= 11 is 3.42. The van der Waals surface area contributed by atoms with Gasteiger partial charge in [0.1, 0.15) is 0 Å². The fourth-order valence-electron chi connectivity index (χ4n) is 3.20. The molecule has 0 N–H and O–H groups in total. The molecule has 1 fully saturated rings. The van der Waals surface area contributed by atoms with E-state index in [0.29, 0.717) is 18.7 Å². The third-order valence-electron chi connectivity index (χ3n) is 4.68. The van der Waals surface area contributed by atoms with Crippen molar-refractivity contribution in [3.8, 4) is 11.3 Å². The van der Waals surface area contributed by atoms with Gasteiger partial charge in [0.15, 0.2) is 5.82 Å². The first-order valence-electron chi connectivity index (χ1n) is 8.90. The van der Waals surface area contributed by atoms with E-state index in [9.17, 15) is 4.79 Å². The van der Waals surface area contributed by atoms with Crippen LogP contribution in [0, 0.1) is 0 Å². The van der Waals surface area contributed by atoms with E-state index in [4.69, 9.17) is 0 Å². The van der Waals surface area contributed by atoms with Crippen LogP contribution in [0.2, 0.25) is 0 Å². The second-order valence-electron chi connectivity index (χ2n) is 6.43. The lowest BCUT2D eigenvalue weighted by Crippen LogP contribution is -2.49. The zero-order valence-electron chi connectivity index (χ0n) is 14.8. The molecular weight excluding hydrogens is 404 g/mol. The van der Waals surface area contributed by atoms with Gasteiger partial charge in [0, 0.05) is 41.8 Å². The van der Waals surface area contributed by atoms with Gasteiger partial charge in [-0.3, -0.25) is 4.79 Å². The molecule has 0 saturated carbocycles. The fourth-order valence-corrected chi connectivity index (χ4v) is 3.60. The van der Waals surface area contributed by atoms with Crippen LogP contribution in [0.15, 0.2) is 71.2 Å². The van der Waals surface area contributed by atoms with Gasteiger partial charge in [-0.25, -0.2) is 0 Å². The summed E-state index contributed by atoms with van der Waals surface area (Å²) < 4.78 is 0.917. The number of nitrogens with zero attached hydrogens (tertiary/aromatic N) is 4. The monoisotopic (exact) mass is 422 g/mol. The highest BCUT2D eigenvalue weighted by Crippen LogP contribution is 2.20. The van der Waals surface area contributed by atoms with Crippen LogP contribution in [0.1, 0.15) is 10.4 Å². The Hall–Kier alpha value is -2.73. The lowest BCUT2D eigenvalue weighted by Gasteiger charge is -2.35. The molecule has 1 aromatic heterocycles. The van der Waals surface area contributed by atoms with Crippen LogP contribution in [-0.2, 0) is 0 Å². The van der Waals surface area contributed by atoms with Gasteiger partial charge < -0.3 is 9.80 Å². The normalized spacial score (nSPS) is 14.3. The minimum Gasteiger partial charge on any atom is -0.352 e. The van der Waals surface area contributed by atoms with Gasteiger partial charge in [-0.05, 0) is 30.3 Å². The maximum Gasteiger partial charge on any atom is 0.254 e. The molecule has 0 atom stereocenters. The molecule has 5 nitrogen and oxygen atoms in total. The molecule has 1 aliphatic rings. The molecule has 6 heteroatoms. The van der Waals surface area contributed by atoms with Crippen molar-refractivity contribution in [3.05, 3.63) is 76.8 Å². The fraction of sp³-hybridized carbons (Fsp3) is 0.190. The average molecular weight is 423 g/mol. The van der Waals surface area contributed by atoms with E-state index in [1.807, 2.05) is 71.6 Å². The largest absolute Gasteiger partial charge is 0.352 e. The van der Waals surface area contributed by atoms with Crippen LogP contribution in [0.25, 0.3) is 11.3 Å². The number of hydrogen-bond donors (Lipinski definition) is 0. The highest BCUT2D eigenvalue weighted by molar-refractivity contribution is 9.10. The second kappa shape index (κ2) is 7.88. The Labute approximate surface area is 166 Å². The van der Waals surface area contributed by atoms with Crippen LogP contribution in [-0.4, -0.2) is 47.2 Å². The van der Waals surface area contributed by atoms with Gasteiger partial charge in [0.2, 0.25) is 0 Å². The number of hydrogen-bond acceptors (Lipinski definition) is 4. The van der Waals surface area contributed by atoms with Gasteiger partial charge in [-0.15, -0.1) is 10.2 Å². The number of carbonyl (C=O) groups is 1. The molecule has 3 aromatic rings. The van der Waals surface area contributed by atoms with E-state index < -0.39 is 0 Å². The first-order valence-corrected chi connectivity index (χ1v) is 9.69. The van der Waals surface area contributed by atoms with E-state index in [1.54, 1.807) is 0 Å². The van der Waals surface area contributed by atoms with Crippen LogP contribution >= 0.6 is 15.9 Å². The van der Waals surface area contributed by atoms with Crippen molar-refractivity contribution in [2.24, 2.45) is 0 Å². The summed E-state index contributed by atoms with van der Waals surface area (Å²) in [4.78, 5) is 16.7. The second-order valence-corrected chi connectivity index (χ2v) is 7.35. The van der Waals surface area contributed by atoms with Gasteiger partial charge in [-0.2, -0.15) is 0 Å². The maximum atomic E-state index is 12.7. The lowest BCUT2D eigenvalue weighted by atomic mass is 10.1. The lowest BCUT2D eigenvalue weighted by molar-refractivity contribution is 0.0746. The Morgan fingerprint density at radius 3 is 2.30 bits per heavy atom. The molecule has 0 bridgehead atoms. The van der Waals surface area contributed by atoms with Crippen LogP contribution in [0.4, 0.5) is 5.82 Å². The smallest absolute Gasteiger partial charge is 0.254 e. The molecule has 136 valence electrons. The van der Waals surface area contributed by atoms with Crippen LogP contribution in [0.3, 0.4) is 0 Å². The highest BCUT2D eigenvalue weighted by Gasteiger charge is 2.23. The third-order valence-corrected chi connectivity index (χ3v) is 5.18.